The number of amides is 1. The number of esters is 1. The molecule has 1 aliphatic rings. The Kier molecular flexibility index (Phi) is 6.77. The van der Waals surface area contributed by atoms with Crippen LogP contribution in [0.1, 0.15) is 41.0 Å². The number of carbonyl (C=O) groups is 2. The zero-order valence-electron chi connectivity index (χ0n) is 18.9. The van der Waals surface area contributed by atoms with E-state index in [2.05, 4.69) is 10.2 Å². The first kappa shape index (κ1) is 22.6. The van der Waals surface area contributed by atoms with Crippen molar-refractivity contribution in [3.05, 3.63) is 77.4 Å². The Labute approximate surface area is 193 Å². The van der Waals surface area contributed by atoms with Crippen LogP contribution in [-0.4, -0.2) is 36.1 Å². The lowest BCUT2D eigenvalue weighted by molar-refractivity contribution is -0.119. The van der Waals surface area contributed by atoms with Gasteiger partial charge in [0.2, 0.25) is 0 Å². The van der Waals surface area contributed by atoms with Crippen LogP contribution in [0.4, 0.5) is 15.8 Å². The van der Waals surface area contributed by atoms with Gasteiger partial charge in [-0.3, -0.25) is 4.79 Å². The molecule has 0 aliphatic carbocycles. The molecule has 1 N–H and O–H groups in total. The largest absolute Gasteiger partial charge is 0.452 e. The summed E-state index contributed by atoms with van der Waals surface area (Å²) in [4.78, 5) is 27.3. The van der Waals surface area contributed by atoms with E-state index in [1.165, 1.54) is 31.4 Å². The quantitative estimate of drug-likeness (QED) is 0.537. The summed E-state index contributed by atoms with van der Waals surface area (Å²) in [6, 6.07) is 15.5. The third-order valence-corrected chi connectivity index (χ3v) is 5.94. The summed E-state index contributed by atoms with van der Waals surface area (Å²) in [7, 11) is 0. The third-order valence-electron chi connectivity index (χ3n) is 5.94. The monoisotopic (exact) mass is 449 g/mol. The summed E-state index contributed by atoms with van der Waals surface area (Å²) < 4.78 is 20.4. The highest BCUT2D eigenvalue weighted by Gasteiger charge is 2.19. The number of aryl methyl sites for hydroxylation is 1. The van der Waals surface area contributed by atoms with Gasteiger partial charge in [0, 0.05) is 41.5 Å². The van der Waals surface area contributed by atoms with Crippen LogP contribution in [0.5, 0.6) is 0 Å². The lowest BCUT2D eigenvalue weighted by Crippen LogP contribution is -2.29. The summed E-state index contributed by atoms with van der Waals surface area (Å²) in [5.41, 5.74) is 4.40. The van der Waals surface area contributed by atoms with E-state index in [4.69, 9.17) is 4.74 Å². The van der Waals surface area contributed by atoms with Gasteiger partial charge in [-0.25, -0.2) is 9.18 Å². The standard InChI is InChI=1S/C26H28FN3O3/c1-18-16-24(19(2)30(18)23-10-6-20(27)7-11-23)26(32)33-17-25(31)28-21-8-12-22(13-9-21)29-14-4-3-5-15-29/h6-13,16H,3-5,14-15,17H2,1-2H3,(H,28,31). The predicted octanol–water partition coefficient (Wildman–Crippen LogP) is 5.02. The van der Waals surface area contributed by atoms with E-state index in [1.54, 1.807) is 25.1 Å². The summed E-state index contributed by atoms with van der Waals surface area (Å²) in [5.74, 6) is -1.30. The maximum Gasteiger partial charge on any atom is 0.340 e. The van der Waals surface area contributed by atoms with Crippen molar-refractivity contribution in [1.29, 1.82) is 0 Å². The van der Waals surface area contributed by atoms with Gasteiger partial charge in [-0.15, -0.1) is 0 Å². The SMILES string of the molecule is Cc1cc(C(=O)OCC(=O)Nc2ccc(N3CCCCC3)cc2)c(C)n1-c1ccc(F)cc1. The summed E-state index contributed by atoms with van der Waals surface area (Å²) in [6.45, 7) is 5.38. The number of carbonyl (C=O) groups excluding carboxylic acids is 2. The molecule has 33 heavy (non-hydrogen) atoms. The Morgan fingerprint density at radius 1 is 0.939 bits per heavy atom. The highest BCUT2D eigenvalue weighted by atomic mass is 19.1. The number of nitrogens with one attached hydrogen (secondary N) is 1. The molecule has 2 heterocycles. The van der Waals surface area contributed by atoms with Gasteiger partial charge in [0.25, 0.3) is 5.91 Å². The molecule has 3 aromatic rings. The topological polar surface area (TPSA) is 63.6 Å². The van der Waals surface area contributed by atoms with Gasteiger partial charge >= 0.3 is 5.97 Å². The Morgan fingerprint density at radius 3 is 2.24 bits per heavy atom. The first-order chi connectivity index (χ1) is 15.9. The Bertz CT molecular complexity index is 1130. The fourth-order valence-electron chi connectivity index (χ4n) is 4.27. The van der Waals surface area contributed by atoms with Crippen LogP contribution in [0.2, 0.25) is 0 Å². The summed E-state index contributed by atoms with van der Waals surface area (Å²) in [5, 5.41) is 2.77. The maximum atomic E-state index is 13.3. The lowest BCUT2D eigenvalue weighted by atomic mass is 10.1. The maximum absolute atomic E-state index is 13.3. The molecule has 0 unspecified atom stereocenters. The van der Waals surface area contributed by atoms with E-state index < -0.39 is 11.9 Å². The normalized spacial score (nSPS) is 13.6. The molecular weight excluding hydrogens is 421 g/mol. The Morgan fingerprint density at radius 2 is 1.58 bits per heavy atom. The average molecular weight is 450 g/mol. The molecule has 1 aliphatic heterocycles. The molecule has 0 atom stereocenters. The molecule has 4 rings (SSSR count). The zero-order chi connectivity index (χ0) is 23.4. The van der Waals surface area contributed by atoms with Crippen molar-refractivity contribution in [2.24, 2.45) is 0 Å². The van der Waals surface area contributed by atoms with Crippen molar-refractivity contribution in [2.75, 3.05) is 29.9 Å². The highest BCUT2D eigenvalue weighted by molar-refractivity contribution is 5.96. The molecule has 1 fully saturated rings. The minimum atomic E-state index is -0.577. The van der Waals surface area contributed by atoms with E-state index in [9.17, 15) is 14.0 Å². The number of hydrogen-bond donors (Lipinski definition) is 1. The number of nitrogens with zero attached hydrogens (tertiary/aromatic N) is 2. The average Bonchev–Trinajstić information content (AvgIpc) is 3.13. The van der Waals surface area contributed by atoms with Crippen molar-refractivity contribution in [1.82, 2.24) is 4.57 Å². The molecule has 6 nitrogen and oxygen atoms in total. The summed E-state index contributed by atoms with van der Waals surface area (Å²) >= 11 is 0. The minimum absolute atomic E-state index is 0.326. The Balaban J connectivity index is 1.34. The number of benzene rings is 2. The van der Waals surface area contributed by atoms with Crippen LogP contribution in [0.15, 0.2) is 54.6 Å². The van der Waals surface area contributed by atoms with Gasteiger partial charge < -0.3 is 19.5 Å². The predicted molar refractivity (Wildman–Crippen MR) is 127 cm³/mol. The van der Waals surface area contributed by atoms with Gasteiger partial charge in [0.1, 0.15) is 5.82 Å². The summed E-state index contributed by atoms with van der Waals surface area (Å²) in [6.07, 6.45) is 3.69. The Hall–Kier alpha value is -3.61. The van der Waals surface area contributed by atoms with Gasteiger partial charge in [-0.05, 0) is 87.7 Å². The van der Waals surface area contributed by atoms with E-state index in [0.29, 0.717) is 16.9 Å². The van der Waals surface area contributed by atoms with Crippen LogP contribution in [0, 0.1) is 19.7 Å². The van der Waals surface area contributed by atoms with Crippen molar-refractivity contribution >= 4 is 23.3 Å². The van der Waals surface area contributed by atoms with Crippen molar-refractivity contribution in [3.8, 4) is 5.69 Å². The smallest absolute Gasteiger partial charge is 0.340 e. The van der Waals surface area contributed by atoms with Crippen molar-refractivity contribution < 1.29 is 18.7 Å². The number of rotatable bonds is 6. The molecular formula is C26H28FN3O3. The lowest BCUT2D eigenvalue weighted by Gasteiger charge is -2.28. The van der Waals surface area contributed by atoms with Gasteiger partial charge in [-0.1, -0.05) is 0 Å². The van der Waals surface area contributed by atoms with Crippen molar-refractivity contribution in [3.63, 3.8) is 0 Å². The second-order valence-electron chi connectivity index (χ2n) is 8.32. The molecule has 1 aromatic heterocycles. The molecule has 7 heteroatoms. The molecule has 0 bridgehead atoms. The highest BCUT2D eigenvalue weighted by Crippen LogP contribution is 2.23. The number of piperidine rings is 1. The molecule has 0 spiro atoms. The molecule has 0 radical (unpaired) electrons. The first-order valence-corrected chi connectivity index (χ1v) is 11.2. The number of hydrogen-bond acceptors (Lipinski definition) is 4. The third kappa shape index (κ3) is 5.25. The minimum Gasteiger partial charge on any atom is -0.452 e. The van der Waals surface area contributed by atoms with Crippen LogP contribution in [0.3, 0.4) is 0 Å². The fourth-order valence-corrected chi connectivity index (χ4v) is 4.27. The number of anilines is 2. The van der Waals surface area contributed by atoms with Gasteiger partial charge in [0.05, 0.1) is 5.56 Å². The molecule has 1 saturated heterocycles. The van der Waals surface area contributed by atoms with Crippen molar-refractivity contribution in [2.45, 2.75) is 33.1 Å². The molecule has 1 amide bonds. The molecule has 2 aromatic carbocycles. The number of aromatic nitrogens is 1. The van der Waals surface area contributed by atoms with Crippen LogP contribution in [-0.2, 0) is 9.53 Å². The number of halogens is 1. The van der Waals surface area contributed by atoms with Crippen LogP contribution < -0.4 is 10.2 Å². The number of ether oxygens (including phenoxy) is 1. The molecule has 172 valence electrons. The second-order valence-corrected chi connectivity index (χ2v) is 8.32. The van der Waals surface area contributed by atoms with Crippen LogP contribution >= 0.6 is 0 Å². The van der Waals surface area contributed by atoms with Crippen LogP contribution in [0.25, 0.3) is 5.69 Å². The van der Waals surface area contributed by atoms with E-state index in [-0.39, 0.29) is 12.4 Å². The van der Waals surface area contributed by atoms with E-state index in [0.717, 1.165) is 30.2 Å². The van der Waals surface area contributed by atoms with E-state index >= 15 is 0 Å². The fraction of sp³-hybridized carbons (Fsp3) is 0.308. The van der Waals surface area contributed by atoms with E-state index in [1.807, 2.05) is 35.8 Å². The van der Waals surface area contributed by atoms with Gasteiger partial charge in [-0.2, -0.15) is 0 Å². The first-order valence-electron chi connectivity index (χ1n) is 11.2. The molecule has 0 saturated carbocycles. The van der Waals surface area contributed by atoms with Gasteiger partial charge in [0.15, 0.2) is 6.61 Å². The second kappa shape index (κ2) is 9.90. The zero-order valence-corrected chi connectivity index (χ0v) is 18.9.